The second kappa shape index (κ2) is 9.67. The Labute approximate surface area is 199 Å². The summed E-state index contributed by atoms with van der Waals surface area (Å²) < 4.78 is 11.6. The molecule has 1 aromatic heterocycles. The molecule has 0 saturated heterocycles. The highest BCUT2D eigenvalue weighted by atomic mass is 16.5. The molecule has 0 atom stereocenters. The van der Waals surface area contributed by atoms with Crippen LogP contribution in [0.3, 0.4) is 0 Å². The number of nitrogens with one attached hydrogen (secondary N) is 2. The Morgan fingerprint density at radius 3 is 2.24 bits per heavy atom. The van der Waals surface area contributed by atoms with E-state index in [0.29, 0.717) is 0 Å². The lowest BCUT2D eigenvalue weighted by atomic mass is 10.1. The standard InChI is InChI=1S/C30H26N2O2/c1-3-21-9-18-29-27(19-21)28(20-30(34-29)22-10-16-26(33-2)17-11-22)32-25-14-12-24(13-15-25)31-23-7-5-4-6-8-23/h4-20,31H,3H2,1-2H3/p+1. The van der Waals surface area contributed by atoms with Gasteiger partial charge in [0, 0.05) is 29.1 Å². The van der Waals surface area contributed by atoms with Crippen molar-refractivity contribution in [3.8, 4) is 17.1 Å². The molecule has 0 saturated carbocycles. The molecule has 0 aliphatic carbocycles. The molecule has 0 amide bonds. The molecule has 4 nitrogen and oxygen atoms in total. The fourth-order valence-electron chi connectivity index (χ4n) is 3.93. The second-order valence-corrected chi connectivity index (χ2v) is 8.13. The van der Waals surface area contributed by atoms with Gasteiger partial charge in [-0.25, -0.2) is 4.99 Å². The maximum absolute atomic E-state index is 6.29. The van der Waals surface area contributed by atoms with E-state index < -0.39 is 0 Å². The third-order valence-corrected chi connectivity index (χ3v) is 5.84. The predicted molar refractivity (Wildman–Crippen MR) is 138 cm³/mol. The van der Waals surface area contributed by atoms with Crippen LogP contribution < -0.4 is 20.4 Å². The number of hydrogen-bond acceptors (Lipinski definition) is 3. The van der Waals surface area contributed by atoms with Gasteiger partial charge in [-0.15, -0.1) is 0 Å². The summed E-state index contributed by atoms with van der Waals surface area (Å²) in [4.78, 5) is 3.61. The number of hydrogen-bond donors (Lipinski definition) is 2. The van der Waals surface area contributed by atoms with Crippen molar-refractivity contribution in [2.75, 3.05) is 12.4 Å². The largest absolute Gasteiger partial charge is 0.497 e. The summed E-state index contributed by atoms with van der Waals surface area (Å²) in [6.07, 6.45) is 0.968. The molecule has 0 radical (unpaired) electrons. The number of fused-ring (bicyclic) bond motifs is 1. The van der Waals surface area contributed by atoms with Crippen LogP contribution in [0, 0.1) is 0 Å². The number of ether oxygens (including phenoxy) is 1. The van der Waals surface area contributed by atoms with Gasteiger partial charge in [-0.3, -0.25) is 0 Å². The minimum absolute atomic E-state index is 0.796. The van der Waals surface area contributed by atoms with E-state index in [-0.39, 0.29) is 0 Å². The number of aryl methyl sites for hydroxylation is 1. The SMILES string of the molecule is CCc1ccc2oc(-c3ccc(OC)cc3)cc(=[NH+]c3ccc(Nc4ccccc4)cc3)c2c1. The topological polar surface area (TPSA) is 48.4 Å². The normalized spacial score (nSPS) is 11.5. The van der Waals surface area contributed by atoms with Crippen molar-refractivity contribution >= 4 is 28.0 Å². The van der Waals surface area contributed by atoms with Crippen LogP contribution in [0.2, 0.25) is 0 Å². The zero-order valence-corrected chi connectivity index (χ0v) is 19.3. The highest BCUT2D eigenvalue weighted by molar-refractivity contribution is 5.79. The average molecular weight is 448 g/mol. The molecule has 0 unspecified atom stereocenters. The highest BCUT2D eigenvalue weighted by Crippen LogP contribution is 2.25. The lowest BCUT2D eigenvalue weighted by Crippen LogP contribution is -2.70. The molecule has 0 bridgehead atoms. The van der Waals surface area contributed by atoms with Crippen molar-refractivity contribution in [1.82, 2.24) is 0 Å². The summed E-state index contributed by atoms with van der Waals surface area (Å²) in [5.41, 5.74) is 6.22. The number of benzene rings is 4. The number of anilines is 2. The molecule has 0 aliphatic heterocycles. The summed E-state index contributed by atoms with van der Waals surface area (Å²) >= 11 is 0. The van der Waals surface area contributed by atoms with Crippen LogP contribution in [0.5, 0.6) is 5.75 Å². The van der Waals surface area contributed by atoms with Gasteiger partial charge in [0.25, 0.3) is 0 Å². The first-order valence-corrected chi connectivity index (χ1v) is 11.5. The maximum Gasteiger partial charge on any atom is 0.218 e. The Bertz CT molecular complexity index is 1470. The number of rotatable bonds is 6. The van der Waals surface area contributed by atoms with Gasteiger partial charge < -0.3 is 14.5 Å². The molecule has 0 fully saturated rings. The van der Waals surface area contributed by atoms with E-state index >= 15 is 0 Å². The van der Waals surface area contributed by atoms with Crippen LogP contribution in [0.1, 0.15) is 12.5 Å². The van der Waals surface area contributed by atoms with Crippen LogP contribution >= 0.6 is 0 Å². The molecule has 4 heteroatoms. The summed E-state index contributed by atoms with van der Waals surface area (Å²) in [5, 5.41) is 5.49. The lowest BCUT2D eigenvalue weighted by molar-refractivity contribution is -0.400. The summed E-state index contributed by atoms with van der Waals surface area (Å²) in [5.74, 6) is 1.61. The van der Waals surface area contributed by atoms with E-state index in [2.05, 4.69) is 77.9 Å². The van der Waals surface area contributed by atoms with Crippen molar-refractivity contribution in [2.24, 2.45) is 0 Å². The van der Waals surface area contributed by atoms with E-state index in [4.69, 9.17) is 9.15 Å². The first-order chi connectivity index (χ1) is 16.7. The van der Waals surface area contributed by atoms with Crippen LogP contribution in [-0.4, -0.2) is 7.11 Å². The van der Waals surface area contributed by atoms with Gasteiger partial charge in [-0.05, 0) is 72.6 Å². The average Bonchev–Trinajstić information content (AvgIpc) is 2.90. The quantitative estimate of drug-likeness (QED) is 0.350. The minimum atomic E-state index is 0.796. The molecule has 4 aromatic carbocycles. The summed E-state index contributed by atoms with van der Waals surface area (Å²) in [6, 6.07) is 34.8. The molecule has 1 heterocycles. The number of methoxy groups -OCH3 is 1. The number of para-hydroxylation sites is 1. The molecular weight excluding hydrogens is 420 g/mol. The van der Waals surface area contributed by atoms with E-state index in [1.807, 2.05) is 42.5 Å². The summed E-state index contributed by atoms with van der Waals surface area (Å²) in [6.45, 7) is 2.16. The second-order valence-electron chi connectivity index (χ2n) is 8.13. The molecule has 5 rings (SSSR count). The van der Waals surface area contributed by atoms with Crippen LogP contribution in [0.25, 0.3) is 22.3 Å². The fraction of sp³-hybridized carbons (Fsp3) is 0.100. The van der Waals surface area contributed by atoms with Crippen molar-refractivity contribution in [2.45, 2.75) is 13.3 Å². The van der Waals surface area contributed by atoms with Crippen LogP contribution in [0.15, 0.2) is 108 Å². The Morgan fingerprint density at radius 1 is 0.794 bits per heavy atom. The zero-order chi connectivity index (χ0) is 23.3. The van der Waals surface area contributed by atoms with Gasteiger partial charge >= 0.3 is 0 Å². The monoisotopic (exact) mass is 447 g/mol. The predicted octanol–water partition coefficient (Wildman–Crippen LogP) is 5.73. The first kappa shape index (κ1) is 21.5. The Morgan fingerprint density at radius 2 is 1.53 bits per heavy atom. The molecule has 2 N–H and O–H groups in total. The van der Waals surface area contributed by atoms with Crippen LogP contribution in [-0.2, 0) is 6.42 Å². The third-order valence-electron chi connectivity index (χ3n) is 5.84. The molecule has 168 valence electrons. The molecule has 5 aromatic rings. The van der Waals surface area contributed by atoms with Gasteiger partial charge in [0.2, 0.25) is 11.0 Å². The van der Waals surface area contributed by atoms with E-state index in [1.54, 1.807) is 7.11 Å². The van der Waals surface area contributed by atoms with Crippen molar-refractivity contribution in [3.05, 3.63) is 114 Å². The zero-order valence-electron chi connectivity index (χ0n) is 19.3. The molecular formula is C30H27N2O2+. The van der Waals surface area contributed by atoms with Gasteiger partial charge in [0.1, 0.15) is 17.1 Å². The van der Waals surface area contributed by atoms with E-state index in [0.717, 1.165) is 56.9 Å². The van der Waals surface area contributed by atoms with Crippen molar-refractivity contribution in [1.29, 1.82) is 0 Å². The lowest BCUT2D eigenvalue weighted by Gasteiger charge is -2.06. The molecule has 0 spiro atoms. The Balaban J connectivity index is 1.57. The highest BCUT2D eigenvalue weighted by Gasteiger charge is 2.11. The third kappa shape index (κ3) is 4.71. The van der Waals surface area contributed by atoms with Gasteiger partial charge in [-0.2, -0.15) is 0 Å². The Kier molecular flexibility index (Phi) is 6.13. The van der Waals surface area contributed by atoms with Crippen molar-refractivity contribution in [3.63, 3.8) is 0 Å². The maximum atomic E-state index is 6.29. The molecule has 34 heavy (non-hydrogen) atoms. The van der Waals surface area contributed by atoms with Gasteiger partial charge in [0.15, 0.2) is 0 Å². The minimum Gasteiger partial charge on any atom is -0.497 e. The fourth-order valence-corrected chi connectivity index (χ4v) is 3.93. The van der Waals surface area contributed by atoms with E-state index in [9.17, 15) is 0 Å². The first-order valence-electron chi connectivity index (χ1n) is 11.5. The van der Waals surface area contributed by atoms with E-state index in [1.165, 1.54) is 5.56 Å². The van der Waals surface area contributed by atoms with Crippen LogP contribution in [0.4, 0.5) is 17.1 Å². The Hall–Kier alpha value is -4.31. The summed E-state index contributed by atoms with van der Waals surface area (Å²) in [7, 11) is 1.67. The molecule has 0 aliphatic rings. The van der Waals surface area contributed by atoms with Gasteiger partial charge in [0.05, 0.1) is 18.6 Å². The smallest absolute Gasteiger partial charge is 0.218 e. The van der Waals surface area contributed by atoms with Gasteiger partial charge in [-0.1, -0.05) is 31.2 Å². The van der Waals surface area contributed by atoms with Crippen molar-refractivity contribution < 1.29 is 14.1 Å².